The molecule has 0 spiro atoms. The molecule has 0 aliphatic rings. The Bertz CT molecular complexity index is 1020. The van der Waals surface area contributed by atoms with E-state index in [-0.39, 0.29) is 11.9 Å². The lowest BCUT2D eigenvalue weighted by atomic mass is 10.1. The Hall–Kier alpha value is -3.80. The third kappa shape index (κ3) is 5.84. The monoisotopic (exact) mass is 389 g/mol. The molecule has 0 bridgehead atoms. The van der Waals surface area contributed by atoms with Crippen LogP contribution in [0.4, 0.5) is 16.2 Å². The van der Waals surface area contributed by atoms with Gasteiger partial charge in [-0.15, -0.1) is 0 Å². The highest BCUT2D eigenvalue weighted by Gasteiger charge is 2.08. The molecule has 0 unspecified atom stereocenters. The molecule has 6 nitrogen and oxygen atoms in total. The summed E-state index contributed by atoms with van der Waals surface area (Å²) < 4.78 is 5.14. The van der Waals surface area contributed by atoms with E-state index in [0.717, 1.165) is 16.8 Å². The van der Waals surface area contributed by atoms with E-state index in [2.05, 4.69) is 16.0 Å². The van der Waals surface area contributed by atoms with Gasteiger partial charge in [0.05, 0.1) is 7.11 Å². The van der Waals surface area contributed by atoms with Crippen molar-refractivity contribution in [3.05, 3.63) is 89.5 Å². The van der Waals surface area contributed by atoms with Crippen LogP contribution in [0.15, 0.2) is 72.8 Å². The fourth-order valence-electron chi connectivity index (χ4n) is 2.82. The maximum atomic E-state index is 12.3. The van der Waals surface area contributed by atoms with Crippen molar-refractivity contribution in [3.63, 3.8) is 0 Å². The van der Waals surface area contributed by atoms with Gasteiger partial charge in [-0.05, 0) is 60.5 Å². The Morgan fingerprint density at radius 2 is 1.55 bits per heavy atom. The van der Waals surface area contributed by atoms with E-state index in [0.29, 0.717) is 23.5 Å². The summed E-state index contributed by atoms with van der Waals surface area (Å²) in [5.41, 5.74) is 3.83. The summed E-state index contributed by atoms with van der Waals surface area (Å²) in [6.07, 6.45) is 0. The molecule has 6 heteroatoms. The minimum absolute atomic E-state index is 0.195. The van der Waals surface area contributed by atoms with Gasteiger partial charge < -0.3 is 20.7 Å². The Balaban J connectivity index is 1.57. The molecule has 0 aromatic heterocycles. The number of nitrogens with one attached hydrogen (secondary N) is 3. The van der Waals surface area contributed by atoms with Crippen molar-refractivity contribution in [2.24, 2.45) is 0 Å². The molecule has 3 aromatic carbocycles. The predicted molar refractivity (Wildman–Crippen MR) is 114 cm³/mol. The highest BCUT2D eigenvalue weighted by molar-refractivity contribution is 5.99. The molecular formula is C23H23N3O3. The molecule has 0 fully saturated rings. The van der Waals surface area contributed by atoms with Gasteiger partial charge in [-0.25, -0.2) is 4.79 Å². The van der Waals surface area contributed by atoms with Gasteiger partial charge in [0.15, 0.2) is 0 Å². The zero-order valence-corrected chi connectivity index (χ0v) is 16.4. The molecular weight excluding hydrogens is 366 g/mol. The molecule has 0 atom stereocenters. The van der Waals surface area contributed by atoms with Gasteiger partial charge in [0, 0.05) is 23.5 Å². The van der Waals surface area contributed by atoms with Crippen LogP contribution in [-0.2, 0) is 6.54 Å². The quantitative estimate of drug-likeness (QED) is 0.577. The second-order valence-electron chi connectivity index (χ2n) is 6.56. The molecule has 0 saturated heterocycles. The minimum atomic E-state index is -0.326. The first-order valence-corrected chi connectivity index (χ1v) is 9.19. The first-order chi connectivity index (χ1) is 14.0. The fourth-order valence-corrected chi connectivity index (χ4v) is 2.82. The topological polar surface area (TPSA) is 79.5 Å². The first-order valence-electron chi connectivity index (χ1n) is 9.19. The SMILES string of the molecule is COc1cccc(C(=O)NCc2cccc(NC(=O)Nc3cccc(C)c3)c2)c1. The van der Waals surface area contributed by atoms with Gasteiger partial charge >= 0.3 is 6.03 Å². The van der Waals surface area contributed by atoms with Crippen molar-refractivity contribution < 1.29 is 14.3 Å². The van der Waals surface area contributed by atoms with Crippen LogP contribution in [-0.4, -0.2) is 19.0 Å². The number of aryl methyl sites for hydroxylation is 1. The van der Waals surface area contributed by atoms with Crippen molar-refractivity contribution in [2.75, 3.05) is 17.7 Å². The number of carbonyl (C=O) groups excluding carboxylic acids is 2. The molecule has 3 amide bonds. The van der Waals surface area contributed by atoms with Crippen LogP contribution in [0.1, 0.15) is 21.5 Å². The number of anilines is 2. The summed E-state index contributed by atoms with van der Waals surface area (Å²) in [5, 5.41) is 8.48. The number of rotatable bonds is 6. The van der Waals surface area contributed by atoms with Gasteiger partial charge in [-0.2, -0.15) is 0 Å². The van der Waals surface area contributed by atoms with Gasteiger partial charge in [0.2, 0.25) is 0 Å². The predicted octanol–water partition coefficient (Wildman–Crippen LogP) is 4.58. The summed E-state index contributed by atoms with van der Waals surface area (Å²) in [6, 6.07) is 21.5. The molecule has 0 radical (unpaired) electrons. The van der Waals surface area contributed by atoms with Crippen molar-refractivity contribution in [1.82, 2.24) is 5.32 Å². The molecule has 0 heterocycles. The molecule has 3 N–H and O–H groups in total. The van der Waals surface area contributed by atoms with Crippen molar-refractivity contribution in [2.45, 2.75) is 13.5 Å². The lowest BCUT2D eigenvalue weighted by molar-refractivity contribution is 0.0950. The van der Waals surface area contributed by atoms with Crippen molar-refractivity contribution >= 4 is 23.3 Å². The molecule has 3 aromatic rings. The number of carbonyl (C=O) groups is 2. The lowest BCUT2D eigenvalue weighted by Crippen LogP contribution is -2.23. The molecule has 29 heavy (non-hydrogen) atoms. The number of benzene rings is 3. The minimum Gasteiger partial charge on any atom is -0.497 e. The van der Waals surface area contributed by atoms with E-state index in [9.17, 15) is 9.59 Å². The Morgan fingerprint density at radius 1 is 0.862 bits per heavy atom. The zero-order chi connectivity index (χ0) is 20.6. The van der Waals surface area contributed by atoms with Crippen LogP contribution in [0.5, 0.6) is 5.75 Å². The number of hydrogen-bond acceptors (Lipinski definition) is 3. The fraction of sp³-hybridized carbons (Fsp3) is 0.130. The van der Waals surface area contributed by atoms with Gasteiger partial charge in [0.25, 0.3) is 5.91 Å². The van der Waals surface area contributed by atoms with Gasteiger partial charge in [-0.3, -0.25) is 4.79 Å². The second-order valence-corrected chi connectivity index (χ2v) is 6.56. The summed E-state index contributed by atoms with van der Waals surface area (Å²) in [4.78, 5) is 24.5. The highest BCUT2D eigenvalue weighted by Crippen LogP contribution is 2.15. The van der Waals surface area contributed by atoms with E-state index in [1.807, 2.05) is 49.4 Å². The second kappa shape index (κ2) is 9.41. The number of hydrogen-bond donors (Lipinski definition) is 3. The Morgan fingerprint density at radius 3 is 2.28 bits per heavy atom. The van der Waals surface area contributed by atoms with E-state index in [1.54, 1.807) is 37.4 Å². The van der Waals surface area contributed by atoms with E-state index in [4.69, 9.17) is 4.74 Å². The number of ether oxygens (including phenoxy) is 1. The Labute approximate surface area is 169 Å². The van der Waals surface area contributed by atoms with Crippen LogP contribution in [0.2, 0.25) is 0 Å². The molecule has 148 valence electrons. The average Bonchev–Trinajstić information content (AvgIpc) is 2.72. The molecule has 3 rings (SSSR count). The number of methoxy groups -OCH3 is 1. The van der Waals surface area contributed by atoms with Crippen LogP contribution in [0.3, 0.4) is 0 Å². The van der Waals surface area contributed by atoms with Crippen molar-refractivity contribution in [1.29, 1.82) is 0 Å². The highest BCUT2D eigenvalue weighted by atomic mass is 16.5. The third-order valence-corrected chi connectivity index (χ3v) is 4.25. The maximum absolute atomic E-state index is 12.3. The van der Waals surface area contributed by atoms with Crippen LogP contribution >= 0.6 is 0 Å². The molecule has 0 aliphatic heterocycles. The zero-order valence-electron chi connectivity index (χ0n) is 16.4. The molecule has 0 aliphatic carbocycles. The first kappa shape index (κ1) is 19.9. The van der Waals surface area contributed by atoms with Crippen LogP contribution < -0.4 is 20.7 Å². The molecule has 0 saturated carbocycles. The van der Waals surface area contributed by atoms with E-state index >= 15 is 0 Å². The van der Waals surface area contributed by atoms with Gasteiger partial charge in [0.1, 0.15) is 5.75 Å². The number of urea groups is 1. The summed E-state index contributed by atoms with van der Waals surface area (Å²) in [7, 11) is 1.56. The van der Waals surface area contributed by atoms with Crippen molar-refractivity contribution in [3.8, 4) is 5.75 Å². The van der Waals surface area contributed by atoms with E-state index < -0.39 is 0 Å². The smallest absolute Gasteiger partial charge is 0.323 e. The van der Waals surface area contributed by atoms with Crippen LogP contribution in [0, 0.1) is 6.92 Å². The third-order valence-electron chi connectivity index (χ3n) is 4.25. The van der Waals surface area contributed by atoms with E-state index in [1.165, 1.54) is 0 Å². The lowest BCUT2D eigenvalue weighted by Gasteiger charge is -2.10. The normalized spacial score (nSPS) is 10.1. The largest absolute Gasteiger partial charge is 0.497 e. The number of amides is 3. The average molecular weight is 389 g/mol. The summed E-state index contributed by atoms with van der Waals surface area (Å²) in [6.45, 7) is 2.30. The van der Waals surface area contributed by atoms with Crippen LogP contribution in [0.25, 0.3) is 0 Å². The maximum Gasteiger partial charge on any atom is 0.323 e. The summed E-state index contributed by atoms with van der Waals surface area (Å²) >= 11 is 0. The summed E-state index contributed by atoms with van der Waals surface area (Å²) in [5.74, 6) is 0.433. The Kier molecular flexibility index (Phi) is 6.47. The standard InChI is InChI=1S/C23H23N3O3/c1-16-6-3-9-19(12-16)25-23(28)26-20-10-4-7-17(13-20)15-24-22(27)18-8-5-11-21(14-18)29-2/h3-14H,15H2,1-2H3,(H,24,27)(H2,25,26,28). The van der Waals surface area contributed by atoms with Gasteiger partial charge in [-0.1, -0.05) is 30.3 Å².